The average Bonchev–Trinajstić information content (AvgIpc) is 3.17. The number of carbonyl (C=O) groups is 1. The molecular formula is C27H35N5O2S. The molecule has 3 aromatic rings. The second kappa shape index (κ2) is 10.4. The van der Waals surface area contributed by atoms with Gasteiger partial charge in [-0.15, -0.1) is 5.10 Å². The minimum atomic E-state index is 0.0247. The van der Waals surface area contributed by atoms with Gasteiger partial charge in [0.25, 0.3) is 4.84 Å². The van der Waals surface area contributed by atoms with Gasteiger partial charge in [-0.1, -0.05) is 51.1 Å². The Morgan fingerprint density at radius 3 is 2.20 bits per heavy atom. The Bertz CT molecular complexity index is 1210. The summed E-state index contributed by atoms with van der Waals surface area (Å²) in [6.07, 6.45) is 0. The zero-order chi connectivity index (χ0) is 25.2. The largest absolute Gasteiger partial charge is 0.409 e. The second-order valence-electron chi connectivity index (χ2n) is 10.4. The van der Waals surface area contributed by atoms with E-state index in [1.165, 1.54) is 5.56 Å². The van der Waals surface area contributed by atoms with Crippen molar-refractivity contribution < 1.29 is 9.21 Å². The van der Waals surface area contributed by atoms with Crippen molar-refractivity contribution in [3.8, 4) is 11.5 Å². The van der Waals surface area contributed by atoms with Crippen LogP contribution in [0.4, 0.5) is 5.69 Å². The molecule has 0 radical (unpaired) electrons. The number of benzene rings is 2. The maximum absolute atomic E-state index is 12.6. The van der Waals surface area contributed by atoms with E-state index in [-0.39, 0.29) is 11.3 Å². The Hall–Kier alpha value is -2.81. The number of hydrogen-bond acceptors (Lipinski definition) is 6. The first-order valence-electron chi connectivity index (χ1n) is 12.1. The molecule has 2 heterocycles. The van der Waals surface area contributed by atoms with Crippen molar-refractivity contribution in [3.63, 3.8) is 0 Å². The Morgan fingerprint density at radius 2 is 1.60 bits per heavy atom. The molecule has 8 heteroatoms. The SMILES string of the molecule is Cc1cccc(C)c1NC(=O)CN1CCN(Cn2nc(-c3ccc(C(C)(C)C)cc3)oc2=S)CC1. The first-order chi connectivity index (χ1) is 16.6. The van der Waals surface area contributed by atoms with Crippen LogP contribution in [0.15, 0.2) is 46.9 Å². The summed E-state index contributed by atoms with van der Waals surface area (Å²) in [4.78, 5) is 17.4. The summed E-state index contributed by atoms with van der Waals surface area (Å²) >= 11 is 5.43. The molecule has 0 spiro atoms. The molecular weight excluding hydrogens is 458 g/mol. The quantitative estimate of drug-likeness (QED) is 0.488. The Kier molecular flexibility index (Phi) is 7.54. The summed E-state index contributed by atoms with van der Waals surface area (Å²) in [5.41, 5.74) is 5.36. The molecule has 1 saturated heterocycles. The maximum atomic E-state index is 12.6. The smallest absolute Gasteiger partial charge is 0.288 e. The topological polar surface area (TPSA) is 66.5 Å². The van der Waals surface area contributed by atoms with E-state index in [0.29, 0.717) is 23.9 Å². The summed E-state index contributed by atoms with van der Waals surface area (Å²) in [5.74, 6) is 0.564. The lowest BCUT2D eigenvalue weighted by Crippen LogP contribution is -2.49. The highest BCUT2D eigenvalue weighted by Crippen LogP contribution is 2.26. The van der Waals surface area contributed by atoms with Crippen LogP contribution in [0.5, 0.6) is 0 Å². The van der Waals surface area contributed by atoms with E-state index in [1.807, 2.05) is 44.2 Å². The van der Waals surface area contributed by atoms with Crippen molar-refractivity contribution >= 4 is 23.8 Å². The van der Waals surface area contributed by atoms with Crippen molar-refractivity contribution in [2.45, 2.75) is 46.7 Å². The predicted octanol–water partition coefficient (Wildman–Crippen LogP) is 5.00. The maximum Gasteiger partial charge on any atom is 0.288 e. The molecule has 2 aromatic carbocycles. The third-order valence-corrected chi connectivity index (χ3v) is 6.81. The van der Waals surface area contributed by atoms with E-state index in [0.717, 1.165) is 48.6 Å². The molecule has 0 saturated carbocycles. The molecule has 1 aliphatic heterocycles. The third kappa shape index (κ3) is 6.25. The van der Waals surface area contributed by atoms with Gasteiger partial charge in [-0.3, -0.25) is 14.6 Å². The molecule has 186 valence electrons. The van der Waals surface area contributed by atoms with Gasteiger partial charge in [0.05, 0.1) is 13.2 Å². The van der Waals surface area contributed by atoms with Crippen LogP contribution in [-0.2, 0) is 16.9 Å². The number of nitrogens with zero attached hydrogens (tertiary/aromatic N) is 4. The molecule has 4 rings (SSSR count). The Balaban J connectivity index is 1.30. The number of anilines is 1. The number of piperazine rings is 1. The zero-order valence-electron chi connectivity index (χ0n) is 21.3. The van der Waals surface area contributed by atoms with E-state index < -0.39 is 0 Å². The summed E-state index contributed by atoms with van der Waals surface area (Å²) in [6.45, 7) is 14.9. The predicted molar refractivity (Wildman–Crippen MR) is 142 cm³/mol. The average molecular weight is 494 g/mol. The van der Waals surface area contributed by atoms with Crippen LogP contribution >= 0.6 is 12.2 Å². The van der Waals surface area contributed by atoms with Gasteiger partial charge >= 0.3 is 0 Å². The number of aryl methyl sites for hydroxylation is 2. The van der Waals surface area contributed by atoms with Crippen LogP contribution in [0, 0.1) is 18.7 Å². The molecule has 0 bridgehead atoms. The minimum Gasteiger partial charge on any atom is -0.409 e. The van der Waals surface area contributed by atoms with E-state index >= 15 is 0 Å². The molecule has 0 unspecified atom stereocenters. The number of nitrogens with one attached hydrogen (secondary N) is 1. The fourth-order valence-electron chi connectivity index (χ4n) is 4.30. The van der Waals surface area contributed by atoms with Gasteiger partial charge in [-0.05, 0) is 60.3 Å². The molecule has 1 fully saturated rings. The van der Waals surface area contributed by atoms with Gasteiger partial charge in [0.15, 0.2) is 0 Å². The van der Waals surface area contributed by atoms with Crippen LogP contribution in [0.2, 0.25) is 0 Å². The number of amides is 1. The monoisotopic (exact) mass is 493 g/mol. The van der Waals surface area contributed by atoms with Gasteiger partial charge in [-0.2, -0.15) is 0 Å². The lowest BCUT2D eigenvalue weighted by Gasteiger charge is -2.33. The van der Waals surface area contributed by atoms with Gasteiger partial charge < -0.3 is 9.73 Å². The number of para-hydroxylation sites is 1. The first kappa shape index (κ1) is 25.3. The highest BCUT2D eigenvalue weighted by atomic mass is 32.1. The van der Waals surface area contributed by atoms with Gasteiger partial charge in [0.2, 0.25) is 11.8 Å². The van der Waals surface area contributed by atoms with E-state index in [1.54, 1.807) is 4.68 Å². The lowest BCUT2D eigenvalue weighted by molar-refractivity contribution is -0.117. The highest BCUT2D eigenvalue weighted by molar-refractivity contribution is 7.71. The summed E-state index contributed by atoms with van der Waals surface area (Å²) in [5, 5.41) is 7.70. The molecule has 0 atom stereocenters. The van der Waals surface area contributed by atoms with Crippen LogP contribution in [0.1, 0.15) is 37.5 Å². The van der Waals surface area contributed by atoms with Crippen molar-refractivity contribution in [2.24, 2.45) is 0 Å². The van der Waals surface area contributed by atoms with Crippen molar-refractivity contribution in [1.29, 1.82) is 0 Å². The Morgan fingerprint density at radius 1 is 1.00 bits per heavy atom. The fraction of sp³-hybridized carbons (Fsp3) is 0.444. The van der Waals surface area contributed by atoms with Crippen LogP contribution in [0.3, 0.4) is 0 Å². The standard InChI is InChI=1S/C27H35N5O2S/c1-19-7-6-8-20(2)24(19)28-23(33)17-30-13-15-31(16-14-30)18-32-26(35)34-25(29-32)21-9-11-22(12-10-21)27(3,4)5/h6-12H,13-18H2,1-5H3,(H,28,33). The zero-order valence-corrected chi connectivity index (χ0v) is 22.1. The molecule has 1 aromatic heterocycles. The Labute approximate surface area is 212 Å². The third-order valence-electron chi connectivity index (χ3n) is 6.52. The first-order valence-corrected chi connectivity index (χ1v) is 12.5. The van der Waals surface area contributed by atoms with Crippen molar-refractivity contribution in [2.75, 3.05) is 38.0 Å². The van der Waals surface area contributed by atoms with E-state index in [9.17, 15) is 4.79 Å². The number of rotatable bonds is 6. The van der Waals surface area contributed by atoms with Gasteiger partial charge in [-0.25, -0.2) is 4.68 Å². The fourth-order valence-corrected chi connectivity index (χ4v) is 4.47. The minimum absolute atomic E-state index is 0.0247. The second-order valence-corrected chi connectivity index (χ2v) is 10.7. The molecule has 7 nitrogen and oxygen atoms in total. The van der Waals surface area contributed by atoms with E-state index in [4.69, 9.17) is 16.6 Å². The highest BCUT2D eigenvalue weighted by Gasteiger charge is 2.21. The number of hydrogen-bond donors (Lipinski definition) is 1. The molecule has 0 aliphatic carbocycles. The van der Waals surface area contributed by atoms with Crippen LogP contribution in [0.25, 0.3) is 11.5 Å². The molecule has 1 aliphatic rings. The number of carbonyl (C=O) groups excluding carboxylic acids is 1. The van der Waals surface area contributed by atoms with Gasteiger partial charge in [0.1, 0.15) is 0 Å². The van der Waals surface area contributed by atoms with Crippen LogP contribution in [-0.4, -0.2) is 58.2 Å². The normalized spacial score (nSPS) is 15.3. The molecule has 1 N–H and O–H groups in total. The van der Waals surface area contributed by atoms with Crippen LogP contribution < -0.4 is 5.32 Å². The van der Waals surface area contributed by atoms with E-state index in [2.05, 4.69) is 53.1 Å². The molecule has 35 heavy (non-hydrogen) atoms. The van der Waals surface area contributed by atoms with Crippen molar-refractivity contribution in [1.82, 2.24) is 19.6 Å². The van der Waals surface area contributed by atoms with Gasteiger partial charge in [0, 0.05) is 37.4 Å². The number of aromatic nitrogens is 2. The molecule has 1 amide bonds. The summed E-state index contributed by atoms with van der Waals surface area (Å²) < 4.78 is 7.54. The lowest BCUT2D eigenvalue weighted by atomic mass is 9.87. The summed E-state index contributed by atoms with van der Waals surface area (Å²) in [7, 11) is 0. The summed E-state index contributed by atoms with van der Waals surface area (Å²) in [6, 6.07) is 14.3. The van der Waals surface area contributed by atoms with Crippen molar-refractivity contribution in [3.05, 3.63) is 64.0 Å².